The van der Waals surface area contributed by atoms with E-state index in [-0.39, 0.29) is 6.10 Å². The van der Waals surface area contributed by atoms with Gasteiger partial charge in [-0.25, -0.2) is 0 Å². The summed E-state index contributed by atoms with van der Waals surface area (Å²) in [6.45, 7) is 13.3. The molecule has 2 N–H and O–H groups in total. The molecular formula is C19H33N3O2. The monoisotopic (exact) mass is 335 g/mol. The van der Waals surface area contributed by atoms with Crippen LogP contribution in [-0.2, 0) is 11.3 Å². The maximum Gasteiger partial charge on any atom is 0.191 e. The average Bonchev–Trinajstić information content (AvgIpc) is 2.50. The van der Waals surface area contributed by atoms with Crippen LogP contribution < -0.4 is 15.4 Å². The van der Waals surface area contributed by atoms with Crippen molar-refractivity contribution in [2.45, 2.75) is 47.3 Å². The van der Waals surface area contributed by atoms with Gasteiger partial charge >= 0.3 is 0 Å². The maximum absolute atomic E-state index is 5.91. The summed E-state index contributed by atoms with van der Waals surface area (Å²) in [5.74, 6) is 2.25. The van der Waals surface area contributed by atoms with Gasteiger partial charge < -0.3 is 20.1 Å². The van der Waals surface area contributed by atoms with Gasteiger partial charge in [-0.15, -0.1) is 0 Å². The number of hydrogen-bond acceptors (Lipinski definition) is 3. The lowest BCUT2D eigenvalue weighted by atomic mass is 10.1. The summed E-state index contributed by atoms with van der Waals surface area (Å²) in [5.41, 5.74) is 2.31. The molecule has 1 aromatic carbocycles. The van der Waals surface area contributed by atoms with E-state index in [1.165, 1.54) is 5.56 Å². The van der Waals surface area contributed by atoms with Crippen molar-refractivity contribution in [1.29, 1.82) is 0 Å². The van der Waals surface area contributed by atoms with E-state index in [9.17, 15) is 0 Å². The van der Waals surface area contributed by atoms with E-state index in [4.69, 9.17) is 9.47 Å². The van der Waals surface area contributed by atoms with E-state index >= 15 is 0 Å². The molecule has 5 heteroatoms. The third-order valence-electron chi connectivity index (χ3n) is 3.25. The molecule has 0 aliphatic heterocycles. The largest absolute Gasteiger partial charge is 0.491 e. The summed E-state index contributed by atoms with van der Waals surface area (Å²) in [4.78, 5) is 4.24. The van der Waals surface area contributed by atoms with E-state index in [0.29, 0.717) is 19.1 Å². The summed E-state index contributed by atoms with van der Waals surface area (Å²) in [6, 6.07) is 6.27. The standard InChI is InChI=1S/C19H33N3O2/c1-14(2)13-23-10-9-21-19(20-6)22-12-17-8-7-16(5)11-18(17)24-15(3)4/h7-8,11,14-15H,9-10,12-13H2,1-6H3,(H2,20,21,22). The Morgan fingerprint density at radius 3 is 2.54 bits per heavy atom. The molecule has 0 spiro atoms. The summed E-state index contributed by atoms with van der Waals surface area (Å²) in [5, 5.41) is 6.58. The highest BCUT2D eigenvalue weighted by Gasteiger charge is 2.07. The van der Waals surface area contributed by atoms with Gasteiger partial charge in [0.05, 0.1) is 12.7 Å². The molecule has 1 rings (SSSR count). The van der Waals surface area contributed by atoms with Crippen molar-refractivity contribution in [3.63, 3.8) is 0 Å². The molecule has 0 amide bonds. The van der Waals surface area contributed by atoms with E-state index < -0.39 is 0 Å². The van der Waals surface area contributed by atoms with Crippen molar-refractivity contribution in [1.82, 2.24) is 10.6 Å². The highest BCUT2D eigenvalue weighted by molar-refractivity contribution is 5.79. The van der Waals surface area contributed by atoms with Gasteiger partial charge in [-0.1, -0.05) is 26.0 Å². The highest BCUT2D eigenvalue weighted by atomic mass is 16.5. The number of aliphatic imine (C=N–C) groups is 1. The normalized spacial score (nSPS) is 11.9. The summed E-state index contributed by atoms with van der Waals surface area (Å²) >= 11 is 0. The Morgan fingerprint density at radius 2 is 1.92 bits per heavy atom. The van der Waals surface area contributed by atoms with Crippen molar-refractivity contribution in [2.75, 3.05) is 26.8 Å². The SMILES string of the molecule is CN=C(NCCOCC(C)C)NCc1ccc(C)cc1OC(C)C. The molecule has 0 aromatic heterocycles. The summed E-state index contributed by atoms with van der Waals surface area (Å²) < 4.78 is 11.5. The Morgan fingerprint density at radius 1 is 1.17 bits per heavy atom. The second-order valence-electron chi connectivity index (χ2n) is 6.60. The second kappa shape index (κ2) is 10.9. The number of aryl methyl sites for hydroxylation is 1. The zero-order valence-electron chi connectivity index (χ0n) is 16.0. The van der Waals surface area contributed by atoms with Gasteiger partial charge in [0, 0.05) is 32.3 Å². The first-order valence-corrected chi connectivity index (χ1v) is 8.70. The first kappa shape index (κ1) is 20.3. The molecule has 0 fully saturated rings. The molecule has 136 valence electrons. The molecule has 0 unspecified atom stereocenters. The Hall–Kier alpha value is -1.75. The van der Waals surface area contributed by atoms with Crippen molar-refractivity contribution < 1.29 is 9.47 Å². The van der Waals surface area contributed by atoms with Gasteiger partial charge in [-0.05, 0) is 38.3 Å². The molecule has 24 heavy (non-hydrogen) atoms. The highest BCUT2D eigenvalue weighted by Crippen LogP contribution is 2.21. The lowest BCUT2D eigenvalue weighted by Gasteiger charge is -2.17. The van der Waals surface area contributed by atoms with Crippen LogP contribution >= 0.6 is 0 Å². The quantitative estimate of drug-likeness (QED) is 0.414. The molecule has 1 aromatic rings. The van der Waals surface area contributed by atoms with Crippen LogP contribution in [0.2, 0.25) is 0 Å². The van der Waals surface area contributed by atoms with Crippen LogP contribution in [0.1, 0.15) is 38.8 Å². The Labute approximate surface area is 146 Å². The first-order valence-electron chi connectivity index (χ1n) is 8.70. The molecule has 0 aliphatic rings. The average molecular weight is 335 g/mol. The van der Waals surface area contributed by atoms with Crippen molar-refractivity contribution in [3.05, 3.63) is 29.3 Å². The number of ether oxygens (including phenoxy) is 2. The molecule has 0 saturated carbocycles. The fourth-order valence-corrected chi connectivity index (χ4v) is 2.13. The molecular weight excluding hydrogens is 302 g/mol. The zero-order valence-corrected chi connectivity index (χ0v) is 16.0. The number of nitrogens with one attached hydrogen (secondary N) is 2. The zero-order chi connectivity index (χ0) is 17.9. The van der Waals surface area contributed by atoms with Gasteiger partial charge in [0.2, 0.25) is 0 Å². The van der Waals surface area contributed by atoms with Crippen LogP contribution in [0.5, 0.6) is 5.75 Å². The van der Waals surface area contributed by atoms with E-state index in [2.05, 4.69) is 54.6 Å². The third-order valence-corrected chi connectivity index (χ3v) is 3.25. The lowest BCUT2D eigenvalue weighted by Crippen LogP contribution is -2.38. The molecule has 5 nitrogen and oxygen atoms in total. The van der Waals surface area contributed by atoms with Crippen molar-refractivity contribution in [3.8, 4) is 5.75 Å². The summed E-state index contributed by atoms with van der Waals surface area (Å²) in [6.07, 6.45) is 0.154. The van der Waals surface area contributed by atoms with Gasteiger partial charge in [0.15, 0.2) is 5.96 Å². The Balaban J connectivity index is 2.48. The van der Waals surface area contributed by atoms with E-state index in [1.54, 1.807) is 7.05 Å². The van der Waals surface area contributed by atoms with Crippen LogP contribution in [0.3, 0.4) is 0 Å². The number of guanidine groups is 1. The summed E-state index contributed by atoms with van der Waals surface area (Å²) in [7, 11) is 1.77. The fourth-order valence-electron chi connectivity index (χ4n) is 2.13. The number of benzene rings is 1. The minimum absolute atomic E-state index is 0.154. The van der Waals surface area contributed by atoms with Crippen LogP contribution in [0.25, 0.3) is 0 Å². The Bertz CT molecular complexity index is 513. The topological polar surface area (TPSA) is 54.9 Å². The fraction of sp³-hybridized carbons (Fsp3) is 0.632. The minimum atomic E-state index is 0.154. The smallest absolute Gasteiger partial charge is 0.191 e. The van der Waals surface area contributed by atoms with Crippen LogP contribution in [-0.4, -0.2) is 38.9 Å². The molecule has 0 bridgehead atoms. The molecule has 0 aliphatic carbocycles. The van der Waals surface area contributed by atoms with Crippen molar-refractivity contribution in [2.24, 2.45) is 10.9 Å². The van der Waals surface area contributed by atoms with Crippen LogP contribution in [0, 0.1) is 12.8 Å². The molecule has 0 radical (unpaired) electrons. The van der Waals surface area contributed by atoms with Crippen LogP contribution in [0.4, 0.5) is 0 Å². The maximum atomic E-state index is 5.91. The van der Waals surface area contributed by atoms with E-state index in [0.717, 1.165) is 30.4 Å². The number of rotatable bonds is 9. The Kier molecular flexibility index (Phi) is 9.23. The van der Waals surface area contributed by atoms with Crippen LogP contribution in [0.15, 0.2) is 23.2 Å². The minimum Gasteiger partial charge on any atom is -0.491 e. The van der Waals surface area contributed by atoms with E-state index in [1.807, 2.05) is 13.8 Å². The first-order chi connectivity index (χ1) is 11.4. The second-order valence-corrected chi connectivity index (χ2v) is 6.60. The number of nitrogens with zero attached hydrogens (tertiary/aromatic N) is 1. The van der Waals surface area contributed by atoms with Gasteiger partial charge in [0.1, 0.15) is 5.75 Å². The van der Waals surface area contributed by atoms with Crippen molar-refractivity contribution >= 4 is 5.96 Å². The van der Waals surface area contributed by atoms with Gasteiger partial charge in [-0.2, -0.15) is 0 Å². The predicted octanol–water partition coefficient (Wildman–Crippen LogP) is 3.12. The number of hydrogen-bond donors (Lipinski definition) is 2. The third kappa shape index (κ3) is 8.20. The van der Waals surface area contributed by atoms with Gasteiger partial charge in [-0.3, -0.25) is 4.99 Å². The lowest BCUT2D eigenvalue weighted by molar-refractivity contribution is 0.114. The van der Waals surface area contributed by atoms with Gasteiger partial charge in [0.25, 0.3) is 0 Å². The predicted molar refractivity (Wildman–Crippen MR) is 101 cm³/mol. The molecule has 0 saturated heterocycles. The molecule has 0 heterocycles. The molecule has 0 atom stereocenters.